The number of likely N-dealkylation sites (tertiary alicyclic amines) is 1. The number of benzene rings is 2. The Kier molecular flexibility index (Phi) is 6.51. The van der Waals surface area contributed by atoms with Crippen molar-refractivity contribution in [2.45, 2.75) is 32.4 Å². The molecule has 164 valence electrons. The molecule has 0 unspecified atom stereocenters. The van der Waals surface area contributed by atoms with Crippen LogP contribution >= 0.6 is 0 Å². The van der Waals surface area contributed by atoms with Gasteiger partial charge in [-0.3, -0.25) is 0 Å². The molecule has 0 bridgehead atoms. The van der Waals surface area contributed by atoms with Crippen molar-refractivity contribution in [2.75, 3.05) is 39.2 Å². The van der Waals surface area contributed by atoms with Gasteiger partial charge in [-0.1, -0.05) is 31.2 Å². The molecule has 1 atom stereocenters. The highest BCUT2D eigenvalue weighted by Gasteiger charge is 2.34. The minimum absolute atomic E-state index is 0.122. The van der Waals surface area contributed by atoms with Crippen molar-refractivity contribution in [3.8, 4) is 5.75 Å². The fourth-order valence-corrected chi connectivity index (χ4v) is 4.39. The molecule has 1 aromatic heterocycles. The first-order valence-corrected chi connectivity index (χ1v) is 11.1. The molecular weight excluding hydrogens is 388 g/mol. The van der Waals surface area contributed by atoms with Crippen molar-refractivity contribution in [1.82, 2.24) is 20.2 Å². The lowest BCUT2D eigenvalue weighted by molar-refractivity contribution is -0.932. The van der Waals surface area contributed by atoms with Crippen LogP contribution in [0.3, 0.4) is 0 Å². The highest BCUT2D eigenvalue weighted by Crippen LogP contribution is 2.23. The first-order chi connectivity index (χ1) is 15.0. The number of ether oxygens (including phenoxy) is 1. The van der Waals surface area contributed by atoms with Gasteiger partial charge in [0.2, 0.25) is 5.82 Å². The Labute approximate surface area is 184 Å². The van der Waals surface area contributed by atoms with Crippen molar-refractivity contribution in [3.05, 3.63) is 65.5 Å². The highest BCUT2D eigenvalue weighted by molar-refractivity contribution is 5.46. The number of quaternary nitrogens is 1. The average molecular weight is 422 g/mol. The van der Waals surface area contributed by atoms with E-state index in [4.69, 9.17) is 4.74 Å². The summed E-state index contributed by atoms with van der Waals surface area (Å²) in [6.45, 7) is 5.26. The topological polar surface area (TPSA) is 60.5 Å². The number of hydrogen-bond donors (Lipinski definition) is 1. The molecule has 0 radical (unpaired) electrons. The third-order valence-electron chi connectivity index (χ3n) is 6.38. The molecule has 31 heavy (non-hydrogen) atoms. The summed E-state index contributed by atoms with van der Waals surface area (Å²) in [7, 11) is 5.82. The molecule has 3 aromatic rings. The maximum atomic E-state index is 5.28. The van der Waals surface area contributed by atoms with E-state index in [0.29, 0.717) is 6.54 Å². The van der Waals surface area contributed by atoms with Crippen molar-refractivity contribution >= 4 is 5.69 Å². The number of nitrogens with one attached hydrogen (secondary N) is 1. The SMILES string of the molecule is COc1ccc(Cn2nnnc2[C@@H](c2ccc(N(C)C)cc2)[NH+]2CCC(C)CC2)cc1. The second-order valence-corrected chi connectivity index (χ2v) is 8.80. The van der Waals surface area contributed by atoms with Crippen LogP contribution in [0.1, 0.15) is 42.8 Å². The van der Waals surface area contributed by atoms with E-state index >= 15 is 0 Å². The summed E-state index contributed by atoms with van der Waals surface area (Å²) in [6, 6.07) is 17.1. The van der Waals surface area contributed by atoms with Crippen LogP contribution in [0.4, 0.5) is 5.69 Å². The van der Waals surface area contributed by atoms with Crippen molar-refractivity contribution in [2.24, 2.45) is 5.92 Å². The first kappa shape index (κ1) is 21.3. The van der Waals surface area contributed by atoms with Crippen LogP contribution in [0.15, 0.2) is 48.5 Å². The number of rotatable bonds is 7. The number of anilines is 1. The van der Waals surface area contributed by atoms with E-state index in [1.165, 1.54) is 24.1 Å². The molecule has 1 aliphatic rings. The summed E-state index contributed by atoms with van der Waals surface area (Å²) in [5.41, 5.74) is 3.61. The minimum Gasteiger partial charge on any atom is -0.497 e. The van der Waals surface area contributed by atoms with Gasteiger partial charge in [0.25, 0.3) is 0 Å². The molecule has 1 N–H and O–H groups in total. The number of aromatic nitrogens is 4. The van der Waals surface area contributed by atoms with Gasteiger partial charge >= 0.3 is 0 Å². The summed E-state index contributed by atoms with van der Waals surface area (Å²) < 4.78 is 7.24. The summed E-state index contributed by atoms with van der Waals surface area (Å²) in [6.07, 6.45) is 2.48. The zero-order valence-corrected chi connectivity index (χ0v) is 19.0. The lowest BCUT2D eigenvalue weighted by Crippen LogP contribution is -3.13. The van der Waals surface area contributed by atoms with Crippen molar-refractivity contribution in [1.29, 1.82) is 0 Å². The summed E-state index contributed by atoms with van der Waals surface area (Å²) in [5.74, 6) is 2.57. The van der Waals surface area contributed by atoms with Gasteiger partial charge in [-0.05, 0) is 59.0 Å². The lowest BCUT2D eigenvalue weighted by Gasteiger charge is -2.33. The van der Waals surface area contributed by atoms with Gasteiger partial charge in [-0.2, -0.15) is 0 Å². The van der Waals surface area contributed by atoms with Crippen LogP contribution < -0.4 is 14.5 Å². The van der Waals surface area contributed by atoms with E-state index in [9.17, 15) is 0 Å². The Morgan fingerprint density at radius 3 is 2.35 bits per heavy atom. The Morgan fingerprint density at radius 2 is 1.74 bits per heavy atom. The smallest absolute Gasteiger partial charge is 0.214 e. The average Bonchev–Trinajstić information content (AvgIpc) is 3.24. The Morgan fingerprint density at radius 1 is 1.06 bits per heavy atom. The van der Waals surface area contributed by atoms with Gasteiger partial charge in [0.05, 0.1) is 26.7 Å². The van der Waals surface area contributed by atoms with Crippen LogP contribution in [-0.2, 0) is 6.54 Å². The van der Waals surface area contributed by atoms with Crippen LogP contribution in [-0.4, -0.2) is 54.5 Å². The zero-order valence-electron chi connectivity index (χ0n) is 19.0. The molecule has 0 aliphatic carbocycles. The van der Waals surface area contributed by atoms with Crippen LogP contribution in [0.25, 0.3) is 0 Å². The molecule has 2 heterocycles. The van der Waals surface area contributed by atoms with Gasteiger partial charge in [-0.25, -0.2) is 4.68 Å². The minimum atomic E-state index is 0.122. The fourth-order valence-electron chi connectivity index (χ4n) is 4.39. The van der Waals surface area contributed by atoms with Crippen LogP contribution in [0, 0.1) is 5.92 Å². The highest BCUT2D eigenvalue weighted by atomic mass is 16.5. The van der Waals surface area contributed by atoms with Gasteiger partial charge in [0, 0.05) is 25.3 Å². The number of piperidine rings is 1. The molecule has 7 heteroatoms. The molecule has 1 saturated heterocycles. The Bertz CT molecular complexity index is 958. The molecule has 1 fully saturated rings. The van der Waals surface area contributed by atoms with Crippen molar-refractivity contribution < 1.29 is 9.64 Å². The first-order valence-electron chi connectivity index (χ1n) is 11.1. The van der Waals surface area contributed by atoms with E-state index in [2.05, 4.69) is 77.8 Å². The molecule has 7 nitrogen and oxygen atoms in total. The normalized spacial score (nSPS) is 19.7. The monoisotopic (exact) mass is 421 g/mol. The third-order valence-corrected chi connectivity index (χ3v) is 6.38. The van der Waals surface area contributed by atoms with Crippen LogP contribution in [0.2, 0.25) is 0 Å². The quantitative estimate of drug-likeness (QED) is 0.634. The van der Waals surface area contributed by atoms with Crippen molar-refractivity contribution in [3.63, 3.8) is 0 Å². The van der Waals surface area contributed by atoms with E-state index in [-0.39, 0.29) is 6.04 Å². The Hall–Kier alpha value is -2.93. The van der Waals surface area contributed by atoms with E-state index in [1.807, 2.05) is 16.8 Å². The molecule has 0 spiro atoms. The maximum absolute atomic E-state index is 5.28. The molecule has 4 rings (SSSR count). The number of methoxy groups -OCH3 is 1. The molecule has 2 aromatic carbocycles. The van der Waals surface area contributed by atoms with E-state index < -0.39 is 0 Å². The van der Waals surface area contributed by atoms with E-state index in [1.54, 1.807) is 12.0 Å². The van der Waals surface area contributed by atoms with Gasteiger partial charge in [0.1, 0.15) is 5.75 Å². The van der Waals surface area contributed by atoms with Gasteiger partial charge in [0.15, 0.2) is 6.04 Å². The fraction of sp³-hybridized carbons (Fsp3) is 0.458. The summed E-state index contributed by atoms with van der Waals surface area (Å²) in [4.78, 5) is 3.67. The molecular formula is C24H33N6O+. The largest absolute Gasteiger partial charge is 0.497 e. The summed E-state index contributed by atoms with van der Waals surface area (Å²) in [5, 5.41) is 12.9. The number of nitrogens with zero attached hydrogens (tertiary/aromatic N) is 5. The lowest BCUT2D eigenvalue weighted by atomic mass is 9.95. The van der Waals surface area contributed by atoms with Gasteiger partial charge in [-0.15, -0.1) is 5.10 Å². The maximum Gasteiger partial charge on any atom is 0.214 e. The number of hydrogen-bond acceptors (Lipinski definition) is 5. The standard InChI is InChI=1S/C24H32N6O/c1-18-13-15-29(16-14-18)23(20-7-9-21(10-8-20)28(2)3)24-25-26-27-30(24)17-19-5-11-22(31-4)12-6-19/h5-12,18,23H,13-17H2,1-4H3/p+1/t23-/m1/s1. The van der Waals surface area contributed by atoms with Crippen LogP contribution in [0.5, 0.6) is 5.75 Å². The third kappa shape index (κ3) is 4.88. The molecule has 0 amide bonds. The van der Waals surface area contributed by atoms with Gasteiger partial charge < -0.3 is 14.5 Å². The Balaban J connectivity index is 1.66. The predicted octanol–water partition coefficient (Wildman–Crippen LogP) is 2.20. The second kappa shape index (κ2) is 9.47. The molecule has 0 saturated carbocycles. The second-order valence-electron chi connectivity index (χ2n) is 8.80. The van der Waals surface area contributed by atoms with E-state index in [0.717, 1.165) is 36.1 Å². The predicted molar refractivity (Wildman–Crippen MR) is 122 cm³/mol. The zero-order chi connectivity index (χ0) is 21.8. The number of tetrazole rings is 1. The summed E-state index contributed by atoms with van der Waals surface area (Å²) >= 11 is 0. The molecule has 1 aliphatic heterocycles.